The monoisotopic (exact) mass is 289 g/mol. The first kappa shape index (κ1) is 13.8. The number of halogens is 3. The number of thiophene rings is 1. The van der Waals surface area contributed by atoms with Crippen LogP contribution in [0.2, 0.25) is 0 Å². The Balaban J connectivity index is 2.36. The van der Waals surface area contributed by atoms with Crippen molar-refractivity contribution in [3.8, 4) is 0 Å². The van der Waals surface area contributed by atoms with Gasteiger partial charge >= 0.3 is 6.18 Å². The molecule has 1 atom stereocenters. The Morgan fingerprint density at radius 1 is 1.16 bits per heavy atom. The van der Waals surface area contributed by atoms with Crippen LogP contribution in [-0.4, -0.2) is 6.18 Å². The van der Waals surface area contributed by atoms with E-state index in [0.717, 1.165) is 16.2 Å². The summed E-state index contributed by atoms with van der Waals surface area (Å²) < 4.78 is 39.0. The molecule has 102 valence electrons. The molecule has 0 saturated carbocycles. The van der Waals surface area contributed by atoms with Crippen molar-refractivity contribution in [3.63, 3.8) is 0 Å². The Labute approximate surface area is 110 Å². The molecule has 0 aliphatic rings. The van der Waals surface area contributed by atoms with Crippen molar-refractivity contribution in [2.24, 2.45) is 0 Å². The molecule has 7 heteroatoms. The van der Waals surface area contributed by atoms with Gasteiger partial charge in [-0.15, -0.1) is 11.3 Å². The zero-order valence-corrected chi connectivity index (χ0v) is 10.9. The summed E-state index contributed by atoms with van der Waals surface area (Å²) in [5, 5.41) is 2.15. The molecule has 1 aromatic carbocycles. The number of aryl methyl sites for hydroxylation is 1. The molecule has 3 nitrogen and oxygen atoms in total. The third-order valence-corrected chi connectivity index (χ3v) is 3.88. The van der Waals surface area contributed by atoms with E-state index in [1.807, 2.05) is 0 Å². The summed E-state index contributed by atoms with van der Waals surface area (Å²) in [6.45, 7) is 3.03. The maximum absolute atomic E-state index is 13.0. The lowest BCUT2D eigenvalue weighted by molar-refractivity contribution is -0.143. The smallest absolute Gasteiger partial charge is 0.366 e. The standard InChI is InChI=1S/C12H10F3NO2S/c1-5-3-4-7(19-5)11(12(13,14)15)16-8-6(2)9(17)10(8)18/h3-4,11,16H,1-2H3. The molecular formula is C12H10F3NO2S. The first-order valence-corrected chi connectivity index (χ1v) is 6.23. The molecule has 2 aromatic rings. The van der Waals surface area contributed by atoms with Crippen molar-refractivity contribution in [2.45, 2.75) is 26.1 Å². The predicted octanol–water partition coefficient (Wildman–Crippen LogP) is 2.68. The molecule has 0 radical (unpaired) electrons. The molecule has 2 rings (SSSR count). The van der Waals surface area contributed by atoms with Crippen LogP contribution in [0.15, 0.2) is 21.7 Å². The van der Waals surface area contributed by atoms with Gasteiger partial charge in [-0.1, -0.05) is 0 Å². The van der Waals surface area contributed by atoms with E-state index in [2.05, 4.69) is 5.32 Å². The summed E-state index contributed by atoms with van der Waals surface area (Å²) in [5.41, 5.74) is -1.81. The van der Waals surface area contributed by atoms with Crippen LogP contribution in [0, 0.1) is 13.8 Å². The summed E-state index contributed by atoms with van der Waals surface area (Å²) in [5.74, 6) is 0. The fraction of sp³-hybridized carbons (Fsp3) is 0.333. The Bertz CT molecular complexity index is 680. The van der Waals surface area contributed by atoms with Gasteiger partial charge in [0.15, 0.2) is 6.04 Å². The first-order valence-electron chi connectivity index (χ1n) is 5.41. The largest absolute Gasteiger partial charge is 0.413 e. The summed E-state index contributed by atoms with van der Waals surface area (Å²) >= 11 is 1.00. The van der Waals surface area contributed by atoms with Crippen LogP contribution in [0.4, 0.5) is 18.9 Å². The second kappa shape index (κ2) is 4.48. The van der Waals surface area contributed by atoms with Gasteiger partial charge in [-0.2, -0.15) is 13.2 Å². The van der Waals surface area contributed by atoms with E-state index in [1.165, 1.54) is 13.0 Å². The first-order chi connectivity index (χ1) is 8.71. The SMILES string of the molecule is Cc1ccc(C(Nc2c(C)c(=O)c2=O)C(F)(F)F)s1. The van der Waals surface area contributed by atoms with Crippen LogP contribution in [0.5, 0.6) is 0 Å². The van der Waals surface area contributed by atoms with Gasteiger partial charge in [0, 0.05) is 15.3 Å². The Morgan fingerprint density at radius 2 is 1.79 bits per heavy atom. The molecule has 0 spiro atoms. The maximum atomic E-state index is 13.0. The van der Waals surface area contributed by atoms with E-state index in [-0.39, 0.29) is 16.1 Å². The molecule has 1 unspecified atom stereocenters. The summed E-state index contributed by atoms with van der Waals surface area (Å²) in [7, 11) is 0. The lowest BCUT2D eigenvalue weighted by Gasteiger charge is -2.22. The highest BCUT2D eigenvalue weighted by atomic mass is 32.1. The average molecular weight is 289 g/mol. The van der Waals surface area contributed by atoms with E-state index in [4.69, 9.17) is 0 Å². The van der Waals surface area contributed by atoms with Crippen LogP contribution in [0.3, 0.4) is 0 Å². The molecule has 1 aromatic heterocycles. The third kappa shape index (κ3) is 2.42. The Kier molecular flexibility index (Phi) is 3.25. The second-order valence-electron chi connectivity index (χ2n) is 4.23. The van der Waals surface area contributed by atoms with E-state index >= 15 is 0 Å². The van der Waals surface area contributed by atoms with Gasteiger partial charge in [0.25, 0.3) is 0 Å². The van der Waals surface area contributed by atoms with Crippen molar-refractivity contribution >= 4 is 17.0 Å². The quantitative estimate of drug-likeness (QED) is 0.884. The number of hydrogen-bond donors (Lipinski definition) is 1. The highest BCUT2D eigenvalue weighted by Crippen LogP contribution is 2.38. The summed E-state index contributed by atoms with van der Waals surface area (Å²) in [4.78, 5) is 23.1. The summed E-state index contributed by atoms with van der Waals surface area (Å²) in [6.07, 6.45) is -4.54. The normalized spacial score (nSPS) is 13.7. The zero-order chi connectivity index (χ0) is 14.4. The van der Waals surface area contributed by atoms with E-state index in [9.17, 15) is 22.8 Å². The molecule has 0 aliphatic carbocycles. The highest BCUT2D eigenvalue weighted by Gasteiger charge is 2.42. The van der Waals surface area contributed by atoms with Gasteiger partial charge in [-0.25, -0.2) is 0 Å². The number of rotatable bonds is 3. The van der Waals surface area contributed by atoms with Crippen LogP contribution >= 0.6 is 11.3 Å². The van der Waals surface area contributed by atoms with Crippen LogP contribution in [0.1, 0.15) is 21.4 Å². The molecular weight excluding hydrogens is 279 g/mol. The Hall–Kier alpha value is -1.63. The van der Waals surface area contributed by atoms with Gasteiger partial charge < -0.3 is 5.32 Å². The fourth-order valence-electron chi connectivity index (χ4n) is 1.75. The number of anilines is 1. The van der Waals surface area contributed by atoms with Crippen molar-refractivity contribution in [1.29, 1.82) is 0 Å². The topological polar surface area (TPSA) is 46.2 Å². The predicted molar refractivity (Wildman–Crippen MR) is 67.6 cm³/mol. The van der Waals surface area contributed by atoms with Crippen molar-refractivity contribution < 1.29 is 13.2 Å². The lowest BCUT2D eigenvalue weighted by Crippen LogP contribution is -2.40. The van der Waals surface area contributed by atoms with Crippen molar-refractivity contribution in [1.82, 2.24) is 0 Å². The molecule has 0 saturated heterocycles. The third-order valence-electron chi connectivity index (χ3n) is 2.81. The molecule has 0 amide bonds. The minimum absolute atomic E-state index is 0.0486. The minimum atomic E-state index is -4.54. The van der Waals surface area contributed by atoms with Gasteiger partial charge in [0.1, 0.15) is 0 Å². The van der Waals surface area contributed by atoms with E-state index in [0.29, 0.717) is 0 Å². The second-order valence-corrected chi connectivity index (χ2v) is 5.55. The van der Waals surface area contributed by atoms with Crippen molar-refractivity contribution in [3.05, 3.63) is 47.9 Å². The minimum Gasteiger partial charge on any atom is -0.366 e. The average Bonchev–Trinajstić information content (AvgIpc) is 2.73. The van der Waals surface area contributed by atoms with E-state index < -0.39 is 23.1 Å². The van der Waals surface area contributed by atoms with Crippen LogP contribution in [-0.2, 0) is 0 Å². The fourth-order valence-corrected chi connectivity index (χ4v) is 2.70. The highest BCUT2D eigenvalue weighted by molar-refractivity contribution is 7.12. The molecule has 1 N–H and O–H groups in total. The number of alkyl halides is 3. The molecule has 19 heavy (non-hydrogen) atoms. The Morgan fingerprint density at radius 3 is 2.21 bits per heavy atom. The lowest BCUT2D eigenvalue weighted by atomic mass is 10.1. The van der Waals surface area contributed by atoms with Crippen LogP contribution in [0.25, 0.3) is 0 Å². The maximum Gasteiger partial charge on any atom is 0.413 e. The molecule has 0 aliphatic heterocycles. The number of hydrogen-bond acceptors (Lipinski definition) is 4. The summed E-state index contributed by atoms with van der Waals surface area (Å²) in [6, 6.07) is 0.981. The zero-order valence-electron chi connectivity index (χ0n) is 10.1. The van der Waals surface area contributed by atoms with Gasteiger partial charge in [-0.05, 0) is 26.0 Å². The van der Waals surface area contributed by atoms with Gasteiger partial charge in [0.05, 0.1) is 5.69 Å². The molecule has 0 bridgehead atoms. The van der Waals surface area contributed by atoms with E-state index in [1.54, 1.807) is 13.0 Å². The number of nitrogens with one attached hydrogen (secondary N) is 1. The van der Waals surface area contributed by atoms with Crippen molar-refractivity contribution in [2.75, 3.05) is 5.32 Å². The van der Waals surface area contributed by atoms with Gasteiger partial charge in [0.2, 0.25) is 10.9 Å². The van der Waals surface area contributed by atoms with Gasteiger partial charge in [-0.3, -0.25) is 9.59 Å². The molecule has 1 heterocycles. The van der Waals surface area contributed by atoms with Crippen LogP contribution < -0.4 is 16.2 Å². The molecule has 0 fully saturated rings.